The minimum absolute atomic E-state index is 0.297. The van der Waals surface area contributed by atoms with Crippen molar-refractivity contribution in [1.29, 1.82) is 0 Å². The second kappa shape index (κ2) is 11.9. The first-order valence-electron chi connectivity index (χ1n) is 8.16. The maximum absolute atomic E-state index is 10.3. The fraction of sp³-hybridized carbons (Fsp3) is 0.588. The van der Waals surface area contributed by atoms with Gasteiger partial charge in [-0.25, -0.2) is 4.79 Å². The molecule has 1 rings (SSSR count). The van der Waals surface area contributed by atoms with Crippen molar-refractivity contribution in [1.82, 2.24) is 10.6 Å². The van der Waals surface area contributed by atoms with Gasteiger partial charge in [0.1, 0.15) is 0 Å². The highest BCUT2D eigenvalue weighted by Crippen LogP contribution is 2.19. The number of unbranched alkanes of at least 4 members (excludes halogenated alkanes) is 1. The van der Waals surface area contributed by atoms with Crippen molar-refractivity contribution in [2.24, 2.45) is 0 Å². The molecule has 23 heavy (non-hydrogen) atoms. The van der Waals surface area contributed by atoms with Crippen molar-refractivity contribution >= 4 is 6.09 Å². The zero-order valence-electron chi connectivity index (χ0n) is 14.0. The predicted octanol–water partition coefficient (Wildman–Crippen LogP) is 2.90. The van der Waals surface area contributed by atoms with E-state index in [4.69, 9.17) is 14.6 Å². The molecule has 0 saturated carbocycles. The largest absolute Gasteiger partial charge is 0.465 e. The van der Waals surface area contributed by atoms with Gasteiger partial charge < -0.3 is 25.2 Å². The first-order chi connectivity index (χ1) is 11.2. The number of hydrogen-bond acceptors (Lipinski definition) is 4. The molecular weight excluding hydrogens is 296 g/mol. The van der Waals surface area contributed by atoms with Gasteiger partial charge >= 0.3 is 6.09 Å². The van der Waals surface area contributed by atoms with Crippen molar-refractivity contribution in [3.63, 3.8) is 0 Å². The molecule has 6 heteroatoms. The highest BCUT2D eigenvalue weighted by Gasteiger charge is 2.10. The van der Waals surface area contributed by atoms with Crippen LogP contribution in [0, 0.1) is 0 Å². The summed E-state index contributed by atoms with van der Waals surface area (Å²) in [5.41, 5.74) is 2.22. The minimum Gasteiger partial charge on any atom is -0.465 e. The SMILES string of the molecule is CCOC(OCC)c1ccc(CNCCCCNC(=O)O)cc1. The first-order valence-corrected chi connectivity index (χ1v) is 8.16. The Morgan fingerprint density at radius 1 is 1.09 bits per heavy atom. The summed E-state index contributed by atoms with van der Waals surface area (Å²) in [5, 5.41) is 14.2. The van der Waals surface area contributed by atoms with E-state index in [9.17, 15) is 4.79 Å². The van der Waals surface area contributed by atoms with E-state index in [2.05, 4.69) is 22.8 Å². The third-order valence-electron chi connectivity index (χ3n) is 3.27. The molecule has 130 valence electrons. The van der Waals surface area contributed by atoms with Crippen molar-refractivity contribution < 1.29 is 19.4 Å². The van der Waals surface area contributed by atoms with Gasteiger partial charge in [-0.3, -0.25) is 0 Å². The van der Waals surface area contributed by atoms with Crippen molar-refractivity contribution in [3.05, 3.63) is 35.4 Å². The summed E-state index contributed by atoms with van der Waals surface area (Å²) in [6, 6.07) is 8.20. The Morgan fingerprint density at radius 3 is 2.26 bits per heavy atom. The summed E-state index contributed by atoms with van der Waals surface area (Å²) >= 11 is 0. The van der Waals surface area contributed by atoms with E-state index in [0.717, 1.165) is 31.5 Å². The van der Waals surface area contributed by atoms with E-state index in [-0.39, 0.29) is 6.29 Å². The Balaban J connectivity index is 2.26. The summed E-state index contributed by atoms with van der Waals surface area (Å²) in [5.74, 6) is 0. The fourth-order valence-electron chi connectivity index (χ4n) is 2.14. The van der Waals surface area contributed by atoms with Crippen LogP contribution < -0.4 is 10.6 Å². The molecule has 0 heterocycles. The molecule has 0 saturated heterocycles. The Kier molecular flexibility index (Phi) is 10.0. The molecule has 0 atom stereocenters. The van der Waals surface area contributed by atoms with E-state index in [1.54, 1.807) is 0 Å². The van der Waals surface area contributed by atoms with Crippen LogP contribution in [0.4, 0.5) is 4.79 Å². The number of carboxylic acid groups (broad SMARTS) is 1. The maximum atomic E-state index is 10.3. The summed E-state index contributed by atoms with van der Waals surface area (Å²) < 4.78 is 11.2. The Morgan fingerprint density at radius 2 is 1.70 bits per heavy atom. The minimum atomic E-state index is -0.963. The normalized spacial score (nSPS) is 10.9. The average molecular weight is 324 g/mol. The standard InChI is InChI=1S/C17H28N2O4/c1-3-22-16(23-4-2)15-9-7-14(8-10-15)13-18-11-5-6-12-19-17(20)21/h7-10,16,18-19H,3-6,11-13H2,1-2H3,(H,20,21). The smallest absolute Gasteiger partial charge is 0.404 e. The van der Waals surface area contributed by atoms with Crippen LogP contribution in [-0.4, -0.2) is 37.5 Å². The van der Waals surface area contributed by atoms with Crippen LogP contribution in [0.3, 0.4) is 0 Å². The summed E-state index contributed by atoms with van der Waals surface area (Å²) in [6.45, 7) is 7.30. The summed E-state index contributed by atoms with van der Waals surface area (Å²) in [4.78, 5) is 10.3. The third kappa shape index (κ3) is 8.54. The molecule has 0 radical (unpaired) electrons. The number of carbonyl (C=O) groups is 1. The van der Waals surface area contributed by atoms with E-state index in [1.807, 2.05) is 26.0 Å². The Labute approximate surface area is 138 Å². The van der Waals surface area contributed by atoms with Gasteiger partial charge in [-0.05, 0) is 38.8 Å². The van der Waals surface area contributed by atoms with Gasteiger partial charge in [0.25, 0.3) is 0 Å². The number of rotatable bonds is 12. The van der Waals surface area contributed by atoms with Gasteiger partial charge in [-0.2, -0.15) is 0 Å². The van der Waals surface area contributed by atoms with Crippen LogP contribution in [0.25, 0.3) is 0 Å². The quantitative estimate of drug-likeness (QED) is 0.407. The van der Waals surface area contributed by atoms with Gasteiger partial charge in [0.05, 0.1) is 0 Å². The van der Waals surface area contributed by atoms with Gasteiger partial charge in [0.15, 0.2) is 6.29 Å². The van der Waals surface area contributed by atoms with Crippen LogP contribution >= 0.6 is 0 Å². The molecule has 0 aliphatic rings. The van der Waals surface area contributed by atoms with Gasteiger partial charge in [0, 0.05) is 31.9 Å². The van der Waals surface area contributed by atoms with Crippen LogP contribution in [0.1, 0.15) is 44.1 Å². The molecule has 0 aliphatic heterocycles. The van der Waals surface area contributed by atoms with Crippen LogP contribution in [-0.2, 0) is 16.0 Å². The Bertz CT molecular complexity index is 431. The Hall–Kier alpha value is -1.63. The lowest BCUT2D eigenvalue weighted by molar-refractivity contribution is -0.140. The summed E-state index contributed by atoms with van der Waals surface area (Å²) in [6.07, 6.45) is 0.516. The molecule has 0 unspecified atom stereocenters. The fourth-order valence-corrected chi connectivity index (χ4v) is 2.14. The lowest BCUT2D eigenvalue weighted by Gasteiger charge is -2.17. The highest BCUT2D eigenvalue weighted by atomic mass is 16.7. The first kappa shape index (κ1) is 19.4. The molecular formula is C17H28N2O4. The molecule has 0 aromatic heterocycles. The maximum Gasteiger partial charge on any atom is 0.404 e. The highest BCUT2D eigenvalue weighted by molar-refractivity contribution is 5.64. The zero-order chi connectivity index (χ0) is 16.9. The van der Waals surface area contributed by atoms with Gasteiger partial charge in [-0.15, -0.1) is 0 Å². The van der Waals surface area contributed by atoms with E-state index in [1.165, 1.54) is 5.56 Å². The number of amides is 1. The van der Waals surface area contributed by atoms with Gasteiger partial charge in [0.2, 0.25) is 0 Å². The van der Waals surface area contributed by atoms with Crippen LogP contribution in [0.15, 0.2) is 24.3 Å². The number of ether oxygens (including phenoxy) is 2. The second-order valence-electron chi connectivity index (χ2n) is 5.10. The van der Waals surface area contributed by atoms with E-state index < -0.39 is 6.09 Å². The number of nitrogens with one attached hydrogen (secondary N) is 2. The lowest BCUT2D eigenvalue weighted by Crippen LogP contribution is -2.23. The van der Waals surface area contributed by atoms with Crippen molar-refractivity contribution in [2.45, 2.75) is 39.5 Å². The molecule has 1 aromatic carbocycles. The molecule has 1 aromatic rings. The molecule has 0 spiro atoms. The number of benzene rings is 1. The molecule has 3 N–H and O–H groups in total. The average Bonchev–Trinajstić information content (AvgIpc) is 2.54. The van der Waals surface area contributed by atoms with Crippen molar-refractivity contribution in [3.8, 4) is 0 Å². The molecule has 0 bridgehead atoms. The monoisotopic (exact) mass is 324 g/mol. The predicted molar refractivity (Wildman–Crippen MR) is 89.4 cm³/mol. The second-order valence-corrected chi connectivity index (χ2v) is 5.10. The third-order valence-corrected chi connectivity index (χ3v) is 3.27. The topological polar surface area (TPSA) is 79.8 Å². The zero-order valence-corrected chi connectivity index (χ0v) is 14.0. The summed E-state index contributed by atoms with van der Waals surface area (Å²) in [7, 11) is 0. The number of hydrogen-bond donors (Lipinski definition) is 3. The van der Waals surface area contributed by atoms with Crippen LogP contribution in [0.2, 0.25) is 0 Å². The molecule has 1 amide bonds. The van der Waals surface area contributed by atoms with Crippen LogP contribution in [0.5, 0.6) is 0 Å². The molecule has 6 nitrogen and oxygen atoms in total. The molecule has 0 aliphatic carbocycles. The van der Waals surface area contributed by atoms with E-state index in [0.29, 0.717) is 19.8 Å². The van der Waals surface area contributed by atoms with E-state index >= 15 is 0 Å². The van der Waals surface area contributed by atoms with Crippen molar-refractivity contribution in [2.75, 3.05) is 26.3 Å². The lowest BCUT2D eigenvalue weighted by atomic mass is 10.1. The molecule has 0 fully saturated rings. The van der Waals surface area contributed by atoms with Gasteiger partial charge in [-0.1, -0.05) is 24.3 Å².